The van der Waals surface area contributed by atoms with Crippen molar-refractivity contribution in [1.82, 2.24) is 0 Å². The third-order valence-corrected chi connectivity index (χ3v) is 4.12. The minimum atomic E-state index is 0.838. The molecule has 3 aromatic carbocycles. The first-order chi connectivity index (χ1) is 12.2. The van der Waals surface area contributed by atoms with Crippen molar-refractivity contribution in [3.05, 3.63) is 83.9 Å². The number of rotatable bonds is 7. The Kier molecular flexibility index (Phi) is 5.57. The predicted molar refractivity (Wildman–Crippen MR) is 106 cm³/mol. The first-order valence-electron chi connectivity index (χ1n) is 8.59. The van der Waals surface area contributed by atoms with E-state index in [-0.39, 0.29) is 0 Å². The Morgan fingerprint density at radius 3 is 1.92 bits per heavy atom. The van der Waals surface area contributed by atoms with Crippen LogP contribution >= 0.6 is 0 Å². The van der Waals surface area contributed by atoms with E-state index in [1.165, 1.54) is 11.1 Å². The second kappa shape index (κ2) is 8.25. The maximum absolute atomic E-state index is 5.80. The van der Waals surface area contributed by atoms with E-state index in [1.807, 2.05) is 54.6 Å². The maximum atomic E-state index is 5.80. The smallest absolute Gasteiger partial charge is 0.127 e. The molecule has 0 atom stereocenters. The molecular formula is C22H24N2O. The van der Waals surface area contributed by atoms with E-state index < -0.39 is 0 Å². The summed E-state index contributed by atoms with van der Waals surface area (Å²) >= 11 is 0. The van der Waals surface area contributed by atoms with E-state index in [4.69, 9.17) is 4.74 Å². The van der Waals surface area contributed by atoms with Gasteiger partial charge in [-0.1, -0.05) is 24.3 Å². The van der Waals surface area contributed by atoms with Gasteiger partial charge in [0.15, 0.2) is 0 Å². The van der Waals surface area contributed by atoms with Gasteiger partial charge < -0.3 is 15.4 Å². The molecule has 0 amide bonds. The highest BCUT2D eigenvalue weighted by atomic mass is 16.5. The van der Waals surface area contributed by atoms with E-state index >= 15 is 0 Å². The van der Waals surface area contributed by atoms with Gasteiger partial charge in [-0.05, 0) is 73.5 Å². The highest BCUT2D eigenvalue weighted by Crippen LogP contribution is 2.22. The summed E-state index contributed by atoms with van der Waals surface area (Å²) in [5, 5.41) is 6.85. The van der Waals surface area contributed by atoms with Crippen molar-refractivity contribution in [1.29, 1.82) is 0 Å². The van der Waals surface area contributed by atoms with E-state index in [9.17, 15) is 0 Å². The van der Waals surface area contributed by atoms with Gasteiger partial charge in [-0.2, -0.15) is 0 Å². The Hall–Kier alpha value is -2.94. The van der Waals surface area contributed by atoms with Crippen molar-refractivity contribution in [3.8, 4) is 11.5 Å². The van der Waals surface area contributed by atoms with Crippen LogP contribution in [0.5, 0.6) is 11.5 Å². The van der Waals surface area contributed by atoms with Gasteiger partial charge >= 0.3 is 0 Å². The summed E-state index contributed by atoms with van der Waals surface area (Å²) in [6.07, 6.45) is 0. The topological polar surface area (TPSA) is 33.3 Å². The second-order valence-corrected chi connectivity index (χ2v) is 6.09. The number of nitrogens with one attached hydrogen (secondary N) is 2. The highest BCUT2D eigenvalue weighted by molar-refractivity contribution is 5.49. The van der Waals surface area contributed by atoms with Gasteiger partial charge in [-0.15, -0.1) is 0 Å². The largest absolute Gasteiger partial charge is 0.457 e. The van der Waals surface area contributed by atoms with Gasteiger partial charge in [-0.3, -0.25) is 0 Å². The van der Waals surface area contributed by atoms with Crippen LogP contribution in [0, 0.1) is 13.8 Å². The van der Waals surface area contributed by atoms with Crippen LogP contribution in [-0.4, -0.2) is 13.1 Å². The van der Waals surface area contributed by atoms with Crippen molar-refractivity contribution < 1.29 is 4.74 Å². The molecule has 2 N–H and O–H groups in total. The fourth-order valence-electron chi connectivity index (χ4n) is 2.53. The van der Waals surface area contributed by atoms with Crippen LogP contribution in [0.15, 0.2) is 72.8 Å². The lowest BCUT2D eigenvalue weighted by atomic mass is 10.1. The zero-order chi connectivity index (χ0) is 17.5. The van der Waals surface area contributed by atoms with Gasteiger partial charge in [0.2, 0.25) is 0 Å². The average molecular weight is 332 g/mol. The lowest BCUT2D eigenvalue weighted by Gasteiger charge is -2.11. The van der Waals surface area contributed by atoms with Crippen LogP contribution in [0.3, 0.4) is 0 Å². The highest BCUT2D eigenvalue weighted by Gasteiger charge is 1.98. The van der Waals surface area contributed by atoms with Gasteiger partial charge in [0.25, 0.3) is 0 Å². The number of anilines is 2. The standard InChI is InChI=1S/C22H24N2O/c1-17-8-9-20(16-18(17)2)24-15-14-23-19-10-12-22(13-11-19)25-21-6-4-3-5-7-21/h3-13,16,23-24H,14-15H2,1-2H3. The number of benzene rings is 3. The van der Waals surface area contributed by atoms with Crippen LogP contribution in [0.25, 0.3) is 0 Å². The van der Waals surface area contributed by atoms with Gasteiger partial charge in [0.1, 0.15) is 11.5 Å². The monoisotopic (exact) mass is 332 g/mol. The number of para-hydroxylation sites is 1. The molecule has 25 heavy (non-hydrogen) atoms. The summed E-state index contributed by atoms with van der Waals surface area (Å²) in [6, 6.07) is 24.3. The zero-order valence-corrected chi connectivity index (χ0v) is 14.8. The molecular weight excluding hydrogens is 308 g/mol. The third-order valence-electron chi connectivity index (χ3n) is 4.12. The molecule has 3 aromatic rings. The molecule has 0 bridgehead atoms. The fraction of sp³-hybridized carbons (Fsp3) is 0.182. The lowest BCUT2D eigenvalue weighted by Crippen LogP contribution is -2.13. The third kappa shape index (κ3) is 5.01. The Bertz CT molecular complexity index is 798. The predicted octanol–water partition coefficient (Wildman–Crippen LogP) is 5.62. The fourth-order valence-corrected chi connectivity index (χ4v) is 2.53. The molecule has 0 aliphatic carbocycles. The molecule has 128 valence electrons. The maximum Gasteiger partial charge on any atom is 0.127 e. The molecule has 0 saturated carbocycles. The van der Waals surface area contributed by atoms with Crippen LogP contribution in [0.4, 0.5) is 11.4 Å². The zero-order valence-electron chi connectivity index (χ0n) is 14.8. The van der Waals surface area contributed by atoms with E-state index in [2.05, 4.69) is 42.7 Å². The molecule has 0 aliphatic heterocycles. The summed E-state index contributed by atoms with van der Waals surface area (Å²) in [5.41, 5.74) is 4.88. The van der Waals surface area contributed by atoms with Crippen molar-refractivity contribution in [2.45, 2.75) is 13.8 Å². The minimum absolute atomic E-state index is 0.838. The van der Waals surface area contributed by atoms with Crippen LogP contribution in [-0.2, 0) is 0 Å². The van der Waals surface area contributed by atoms with E-state index in [1.54, 1.807) is 0 Å². The van der Waals surface area contributed by atoms with Crippen LogP contribution < -0.4 is 15.4 Å². The van der Waals surface area contributed by atoms with E-state index in [0.29, 0.717) is 0 Å². The first-order valence-corrected chi connectivity index (χ1v) is 8.59. The summed E-state index contributed by atoms with van der Waals surface area (Å²) in [4.78, 5) is 0. The average Bonchev–Trinajstić information content (AvgIpc) is 2.64. The summed E-state index contributed by atoms with van der Waals surface area (Å²) in [7, 11) is 0. The van der Waals surface area contributed by atoms with Crippen molar-refractivity contribution in [2.75, 3.05) is 23.7 Å². The quantitative estimate of drug-likeness (QED) is 0.551. The van der Waals surface area contributed by atoms with Gasteiger partial charge in [0.05, 0.1) is 0 Å². The van der Waals surface area contributed by atoms with Crippen LogP contribution in [0.1, 0.15) is 11.1 Å². The Morgan fingerprint density at radius 1 is 0.640 bits per heavy atom. The SMILES string of the molecule is Cc1ccc(NCCNc2ccc(Oc3ccccc3)cc2)cc1C. The molecule has 3 heteroatoms. The van der Waals surface area contributed by atoms with Crippen molar-refractivity contribution in [3.63, 3.8) is 0 Å². The molecule has 3 rings (SSSR count). The summed E-state index contributed by atoms with van der Waals surface area (Å²) in [6.45, 7) is 5.99. The second-order valence-electron chi connectivity index (χ2n) is 6.09. The molecule has 0 spiro atoms. The summed E-state index contributed by atoms with van der Waals surface area (Å²) in [5.74, 6) is 1.69. The van der Waals surface area contributed by atoms with Gasteiger partial charge in [0, 0.05) is 24.5 Å². The Labute approximate surface area is 149 Å². The Morgan fingerprint density at radius 2 is 1.24 bits per heavy atom. The first kappa shape index (κ1) is 16.9. The normalized spacial score (nSPS) is 10.3. The molecule has 0 heterocycles. The molecule has 0 saturated heterocycles. The number of ether oxygens (including phenoxy) is 1. The number of hydrogen-bond donors (Lipinski definition) is 2. The molecule has 0 unspecified atom stereocenters. The minimum Gasteiger partial charge on any atom is -0.457 e. The molecule has 0 aliphatic rings. The molecule has 0 radical (unpaired) electrons. The van der Waals surface area contributed by atoms with E-state index in [0.717, 1.165) is 36.0 Å². The van der Waals surface area contributed by atoms with Crippen molar-refractivity contribution in [2.24, 2.45) is 0 Å². The molecule has 3 nitrogen and oxygen atoms in total. The number of aryl methyl sites for hydroxylation is 2. The summed E-state index contributed by atoms with van der Waals surface area (Å²) < 4.78 is 5.80. The molecule has 0 fully saturated rings. The molecule has 0 aromatic heterocycles. The lowest BCUT2D eigenvalue weighted by molar-refractivity contribution is 0.483. The van der Waals surface area contributed by atoms with Gasteiger partial charge in [-0.25, -0.2) is 0 Å². The Balaban J connectivity index is 1.44. The van der Waals surface area contributed by atoms with Crippen LogP contribution in [0.2, 0.25) is 0 Å². The van der Waals surface area contributed by atoms with Crippen molar-refractivity contribution >= 4 is 11.4 Å². The number of hydrogen-bond acceptors (Lipinski definition) is 3.